The Balaban J connectivity index is 2.46. The molecule has 2 aromatic rings. The van der Waals surface area contributed by atoms with Gasteiger partial charge in [-0.2, -0.15) is 0 Å². The molecule has 72 valence electrons. The molecule has 0 aromatic heterocycles. The van der Waals surface area contributed by atoms with Crippen LogP contribution in [0.2, 0.25) is 0 Å². The van der Waals surface area contributed by atoms with Crippen molar-refractivity contribution in [2.45, 2.75) is 0 Å². The molecule has 1 unspecified atom stereocenters. The van der Waals surface area contributed by atoms with Gasteiger partial charge in [-0.15, -0.1) is 0 Å². The average molecular weight is 206 g/mol. The fraction of sp³-hybridized carbons (Fsp3) is 0.0909. The lowest BCUT2D eigenvalue weighted by Gasteiger charge is -2.02. The molecule has 0 amide bonds. The van der Waals surface area contributed by atoms with E-state index in [1.807, 2.05) is 42.5 Å². The molecule has 0 radical (unpaired) electrons. The number of fused-ring (bicyclic) bond motifs is 1. The van der Waals surface area contributed by atoms with Crippen LogP contribution in [0.25, 0.3) is 10.8 Å². The first-order chi connectivity index (χ1) is 6.75. The highest BCUT2D eigenvalue weighted by Gasteiger charge is 1.98. The van der Waals surface area contributed by atoms with Gasteiger partial charge in [-0.25, -0.2) is 4.21 Å². The van der Waals surface area contributed by atoms with E-state index in [2.05, 4.69) is 0 Å². The smallest absolute Gasteiger partial charge is 0.203 e. The van der Waals surface area contributed by atoms with Crippen molar-refractivity contribution in [3.8, 4) is 5.75 Å². The van der Waals surface area contributed by atoms with Gasteiger partial charge in [0.1, 0.15) is 5.75 Å². The summed E-state index contributed by atoms with van der Waals surface area (Å²) in [4.78, 5) is 0. The van der Waals surface area contributed by atoms with Crippen molar-refractivity contribution < 1.29 is 8.39 Å². The SMILES string of the molecule is CS(=O)Oc1ccc2ccccc2c1. The first-order valence-electron chi connectivity index (χ1n) is 4.26. The second-order valence-electron chi connectivity index (χ2n) is 2.99. The zero-order valence-corrected chi connectivity index (χ0v) is 8.58. The Bertz CT molecular complexity index is 479. The molecule has 0 saturated heterocycles. The van der Waals surface area contributed by atoms with E-state index in [-0.39, 0.29) is 0 Å². The standard InChI is InChI=1S/C11H10O2S/c1-14(12)13-11-7-6-9-4-2-3-5-10(9)8-11/h2-8H,1H3. The summed E-state index contributed by atoms with van der Waals surface area (Å²) in [7, 11) is 0. The third kappa shape index (κ3) is 1.93. The van der Waals surface area contributed by atoms with Gasteiger partial charge in [0.05, 0.1) is 0 Å². The molecule has 0 N–H and O–H groups in total. The predicted octanol–water partition coefficient (Wildman–Crippen LogP) is 2.51. The molecule has 0 bridgehead atoms. The van der Waals surface area contributed by atoms with Crippen molar-refractivity contribution in [1.82, 2.24) is 0 Å². The summed E-state index contributed by atoms with van der Waals surface area (Å²) in [6.45, 7) is 0. The Morgan fingerprint density at radius 2 is 1.79 bits per heavy atom. The van der Waals surface area contributed by atoms with Crippen molar-refractivity contribution in [3.63, 3.8) is 0 Å². The molecule has 0 aliphatic carbocycles. The largest absolute Gasteiger partial charge is 0.401 e. The van der Waals surface area contributed by atoms with E-state index in [4.69, 9.17) is 4.18 Å². The lowest BCUT2D eigenvalue weighted by molar-refractivity contribution is 0.568. The molecule has 0 aliphatic heterocycles. The van der Waals surface area contributed by atoms with Gasteiger partial charge in [-0.1, -0.05) is 30.3 Å². The van der Waals surface area contributed by atoms with Crippen LogP contribution in [0.4, 0.5) is 0 Å². The van der Waals surface area contributed by atoms with Crippen LogP contribution in [-0.2, 0) is 11.1 Å². The molecule has 1 atom stereocenters. The maximum Gasteiger partial charge on any atom is 0.203 e. The fourth-order valence-corrected chi connectivity index (χ4v) is 1.73. The van der Waals surface area contributed by atoms with Gasteiger partial charge in [0.15, 0.2) is 0 Å². The zero-order chi connectivity index (χ0) is 9.97. The van der Waals surface area contributed by atoms with Crippen LogP contribution >= 0.6 is 0 Å². The average Bonchev–Trinajstić information content (AvgIpc) is 2.17. The van der Waals surface area contributed by atoms with Crippen LogP contribution in [-0.4, -0.2) is 10.5 Å². The number of benzene rings is 2. The minimum Gasteiger partial charge on any atom is -0.401 e. The molecule has 0 spiro atoms. The van der Waals surface area contributed by atoms with Crippen molar-refractivity contribution in [1.29, 1.82) is 0 Å². The van der Waals surface area contributed by atoms with E-state index < -0.39 is 11.1 Å². The van der Waals surface area contributed by atoms with Gasteiger partial charge in [0.25, 0.3) is 0 Å². The third-order valence-corrected chi connectivity index (χ3v) is 2.36. The van der Waals surface area contributed by atoms with Crippen LogP contribution < -0.4 is 4.18 Å². The molecule has 3 heteroatoms. The van der Waals surface area contributed by atoms with E-state index in [0.29, 0.717) is 5.75 Å². The summed E-state index contributed by atoms with van der Waals surface area (Å²) in [6, 6.07) is 13.6. The topological polar surface area (TPSA) is 26.3 Å². The number of hydrogen-bond donors (Lipinski definition) is 0. The summed E-state index contributed by atoms with van der Waals surface area (Å²) < 4.78 is 15.9. The van der Waals surface area contributed by atoms with Gasteiger partial charge in [0.2, 0.25) is 11.1 Å². The normalized spacial score (nSPS) is 12.6. The fourth-order valence-electron chi connectivity index (χ4n) is 1.35. The highest BCUT2D eigenvalue weighted by molar-refractivity contribution is 7.79. The Kier molecular flexibility index (Phi) is 2.50. The van der Waals surface area contributed by atoms with Crippen LogP contribution in [0.5, 0.6) is 5.75 Å². The van der Waals surface area contributed by atoms with E-state index in [1.165, 1.54) is 6.26 Å². The Morgan fingerprint density at radius 1 is 1.07 bits per heavy atom. The molecule has 0 fully saturated rings. The summed E-state index contributed by atoms with van der Waals surface area (Å²) in [5, 5.41) is 2.25. The second-order valence-corrected chi connectivity index (χ2v) is 3.96. The number of rotatable bonds is 2. The Morgan fingerprint density at radius 3 is 2.50 bits per heavy atom. The molecule has 2 nitrogen and oxygen atoms in total. The lowest BCUT2D eigenvalue weighted by atomic mass is 10.1. The van der Waals surface area contributed by atoms with E-state index >= 15 is 0 Å². The predicted molar refractivity (Wildman–Crippen MR) is 58.6 cm³/mol. The maximum absolute atomic E-state index is 10.8. The van der Waals surface area contributed by atoms with Gasteiger partial charge >= 0.3 is 0 Å². The molecule has 0 heterocycles. The quantitative estimate of drug-likeness (QED) is 0.754. The molecule has 2 aromatic carbocycles. The molecule has 14 heavy (non-hydrogen) atoms. The Labute approximate surface area is 85.2 Å². The summed E-state index contributed by atoms with van der Waals surface area (Å²) >= 11 is -1.26. The van der Waals surface area contributed by atoms with Crippen LogP contribution in [0.15, 0.2) is 42.5 Å². The van der Waals surface area contributed by atoms with Crippen LogP contribution in [0.1, 0.15) is 0 Å². The second kappa shape index (κ2) is 3.80. The minimum absolute atomic E-state index is 0.643. The van der Waals surface area contributed by atoms with Crippen LogP contribution in [0, 0.1) is 0 Å². The van der Waals surface area contributed by atoms with E-state index in [1.54, 1.807) is 0 Å². The number of hydrogen-bond acceptors (Lipinski definition) is 2. The first kappa shape index (κ1) is 9.21. The minimum atomic E-state index is -1.26. The Hall–Kier alpha value is -1.35. The molecule has 0 saturated carbocycles. The molecular formula is C11H10O2S. The van der Waals surface area contributed by atoms with Gasteiger partial charge in [-0.3, -0.25) is 0 Å². The van der Waals surface area contributed by atoms with Crippen molar-refractivity contribution >= 4 is 21.9 Å². The van der Waals surface area contributed by atoms with Crippen LogP contribution in [0.3, 0.4) is 0 Å². The summed E-state index contributed by atoms with van der Waals surface area (Å²) in [5.41, 5.74) is 0. The van der Waals surface area contributed by atoms with Gasteiger partial charge < -0.3 is 4.18 Å². The molecular weight excluding hydrogens is 196 g/mol. The third-order valence-electron chi connectivity index (χ3n) is 1.93. The monoisotopic (exact) mass is 206 g/mol. The highest BCUT2D eigenvalue weighted by atomic mass is 32.2. The van der Waals surface area contributed by atoms with Crippen molar-refractivity contribution in [3.05, 3.63) is 42.5 Å². The zero-order valence-electron chi connectivity index (χ0n) is 7.77. The van der Waals surface area contributed by atoms with Crippen molar-refractivity contribution in [2.24, 2.45) is 0 Å². The molecule has 0 aliphatic rings. The maximum atomic E-state index is 10.8. The summed E-state index contributed by atoms with van der Waals surface area (Å²) in [6.07, 6.45) is 1.51. The van der Waals surface area contributed by atoms with Gasteiger partial charge in [0, 0.05) is 6.26 Å². The van der Waals surface area contributed by atoms with Gasteiger partial charge in [-0.05, 0) is 22.9 Å². The summed E-state index contributed by atoms with van der Waals surface area (Å²) in [5.74, 6) is 0.643. The van der Waals surface area contributed by atoms with Crippen molar-refractivity contribution in [2.75, 3.05) is 6.26 Å². The molecule has 2 rings (SSSR count). The lowest BCUT2D eigenvalue weighted by Crippen LogP contribution is -1.95. The van der Waals surface area contributed by atoms with E-state index in [9.17, 15) is 4.21 Å². The highest BCUT2D eigenvalue weighted by Crippen LogP contribution is 2.20. The van der Waals surface area contributed by atoms with E-state index in [0.717, 1.165) is 10.8 Å². The first-order valence-corrected chi connectivity index (χ1v) is 5.74.